The molecule has 6 nitrogen and oxygen atoms in total. The maximum atomic E-state index is 10.5. The Kier molecular flexibility index (Phi) is 3.29. The standard InChI is InChI=1S/C10H6BrN3O3/c11-10-12-6-5-9(13-10)17-8-3-1-7(2-4-8)14(15)16/h1-6H. The van der Waals surface area contributed by atoms with Gasteiger partial charge in [0.15, 0.2) is 4.73 Å². The molecule has 0 aliphatic heterocycles. The number of nitrogens with zero attached hydrogens (tertiary/aromatic N) is 3. The third kappa shape index (κ3) is 2.97. The van der Waals surface area contributed by atoms with Crippen molar-refractivity contribution < 1.29 is 9.66 Å². The number of halogens is 1. The van der Waals surface area contributed by atoms with Gasteiger partial charge in [0.1, 0.15) is 5.75 Å². The molecule has 0 unspecified atom stereocenters. The van der Waals surface area contributed by atoms with Crippen LogP contribution in [0.4, 0.5) is 5.69 Å². The summed E-state index contributed by atoms with van der Waals surface area (Å²) in [5.41, 5.74) is 0.0150. The molecule has 0 saturated heterocycles. The molecule has 2 rings (SSSR count). The summed E-state index contributed by atoms with van der Waals surface area (Å²) in [6.07, 6.45) is 1.54. The average Bonchev–Trinajstić information content (AvgIpc) is 2.29. The number of ether oxygens (including phenoxy) is 1. The predicted octanol–water partition coefficient (Wildman–Crippen LogP) is 2.94. The highest BCUT2D eigenvalue weighted by atomic mass is 79.9. The summed E-state index contributed by atoms with van der Waals surface area (Å²) in [5, 5.41) is 10.5. The highest BCUT2D eigenvalue weighted by Gasteiger charge is 2.05. The average molecular weight is 296 g/mol. The first kappa shape index (κ1) is 11.5. The molecule has 0 spiro atoms. The van der Waals surface area contributed by atoms with Crippen LogP contribution in [-0.2, 0) is 0 Å². The van der Waals surface area contributed by atoms with E-state index in [-0.39, 0.29) is 5.69 Å². The molecule has 0 bridgehead atoms. The molecule has 86 valence electrons. The molecule has 0 amide bonds. The van der Waals surface area contributed by atoms with Gasteiger partial charge in [0.25, 0.3) is 5.69 Å². The van der Waals surface area contributed by atoms with E-state index in [0.29, 0.717) is 16.4 Å². The Labute approximate surface area is 105 Å². The van der Waals surface area contributed by atoms with Crippen molar-refractivity contribution in [2.24, 2.45) is 0 Å². The normalized spacial score (nSPS) is 9.94. The lowest BCUT2D eigenvalue weighted by molar-refractivity contribution is -0.384. The summed E-state index contributed by atoms with van der Waals surface area (Å²) in [6, 6.07) is 7.34. The van der Waals surface area contributed by atoms with Crippen molar-refractivity contribution in [3.8, 4) is 11.6 Å². The second-order valence-corrected chi connectivity index (χ2v) is 3.73. The summed E-state index contributed by atoms with van der Waals surface area (Å²) in [7, 11) is 0. The Balaban J connectivity index is 2.16. The van der Waals surface area contributed by atoms with Gasteiger partial charge in [0, 0.05) is 24.4 Å². The monoisotopic (exact) mass is 295 g/mol. The van der Waals surface area contributed by atoms with E-state index in [0.717, 1.165) is 0 Å². The van der Waals surface area contributed by atoms with Crippen LogP contribution < -0.4 is 4.74 Å². The quantitative estimate of drug-likeness (QED) is 0.494. The molecular weight excluding hydrogens is 290 g/mol. The number of benzene rings is 1. The number of aromatic nitrogens is 2. The van der Waals surface area contributed by atoms with Crippen LogP contribution in [0.1, 0.15) is 0 Å². The van der Waals surface area contributed by atoms with Crippen molar-refractivity contribution in [2.75, 3.05) is 0 Å². The first-order valence-electron chi connectivity index (χ1n) is 4.56. The van der Waals surface area contributed by atoms with E-state index in [4.69, 9.17) is 4.74 Å². The van der Waals surface area contributed by atoms with Gasteiger partial charge in [-0.15, -0.1) is 0 Å². The van der Waals surface area contributed by atoms with Gasteiger partial charge >= 0.3 is 0 Å². The molecule has 0 N–H and O–H groups in total. The van der Waals surface area contributed by atoms with Gasteiger partial charge in [-0.1, -0.05) is 0 Å². The number of non-ortho nitro benzene ring substituents is 1. The number of hydrogen-bond donors (Lipinski definition) is 0. The molecular formula is C10H6BrN3O3. The minimum absolute atomic E-state index is 0.0150. The number of hydrogen-bond acceptors (Lipinski definition) is 5. The lowest BCUT2D eigenvalue weighted by Gasteiger charge is -2.03. The van der Waals surface area contributed by atoms with Gasteiger partial charge in [-0.25, -0.2) is 4.98 Å². The van der Waals surface area contributed by atoms with Crippen LogP contribution in [-0.4, -0.2) is 14.9 Å². The lowest BCUT2D eigenvalue weighted by Crippen LogP contribution is -1.91. The SMILES string of the molecule is O=[N+]([O-])c1ccc(Oc2ccnc(Br)n2)cc1. The zero-order valence-corrected chi connectivity index (χ0v) is 9.99. The molecule has 1 aromatic heterocycles. The molecule has 1 heterocycles. The molecule has 1 aromatic carbocycles. The zero-order valence-electron chi connectivity index (χ0n) is 8.41. The molecule has 2 aromatic rings. The van der Waals surface area contributed by atoms with Crippen LogP contribution in [0.15, 0.2) is 41.3 Å². The highest BCUT2D eigenvalue weighted by molar-refractivity contribution is 9.10. The fourth-order valence-corrected chi connectivity index (χ4v) is 1.43. The van der Waals surface area contributed by atoms with Gasteiger partial charge < -0.3 is 4.74 Å². The first-order valence-corrected chi connectivity index (χ1v) is 5.35. The van der Waals surface area contributed by atoms with Gasteiger partial charge in [-0.3, -0.25) is 10.1 Å². The van der Waals surface area contributed by atoms with E-state index < -0.39 is 4.92 Å². The fraction of sp³-hybridized carbons (Fsp3) is 0. The lowest BCUT2D eigenvalue weighted by atomic mass is 10.3. The number of rotatable bonds is 3. The zero-order chi connectivity index (χ0) is 12.3. The van der Waals surface area contributed by atoms with Gasteiger partial charge in [0.05, 0.1) is 4.92 Å². The molecule has 0 atom stereocenters. The second-order valence-electron chi connectivity index (χ2n) is 3.02. The van der Waals surface area contributed by atoms with Gasteiger partial charge in [-0.05, 0) is 28.1 Å². The van der Waals surface area contributed by atoms with Crippen LogP contribution in [0.2, 0.25) is 0 Å². The number of nitro groups is 1. The molecule has 0 aliphatic rings. The molecule has 0 radical (unpaired) electrons. The van der Waals surface area contributed by atoms with Crippen LogP contribution in [0.25, 0.3) is 0 Å². The van der Waals surface area contributed by atoms with E-state index in [2.05, 4.69) is 25.9 Å². The highest BCUT2D eigenvalue weighted by Crippen LogP contribution is 2.22. The van der Waals surface area contributed by atoms with E-state index >= 15 is 0 Å². The van der Waals surface area contributed by atoms with E-state index in [1.165, 1.54) is 30.5 Å². The van der Waals surface area contributed by atoms with Crippen molar-refractivity contribution >= 4 is 21.6 Å². The summed E-state index contributed by atoms with van der Waals surface area (Å²) < 4.78 is 5.80. The van der Waals surface area contributed by atoms with Crippen molar-refractivity contribution in [2.45, 2.75) is 0 Å². The summed E-state index contributed by atoms with van der Waals surface area (Å²) in [4.78, 5) is 17.8. The maximum absolute atomic E-state index is 10.5. The third-order valence-electron chi connectivity index (χ3n) is 1.87. The summed E-state index contributed by atoms with van der Waals surface area (Å²) >= 11 is 3.11. The Hall–Kier alpha value is -2.02. The summed E-state index contributed by atoms with van der Waals surface area (Å²) in [5.74, 6) is 0.835. The first-order chi connectivity index (χ1) is 8.15. The number of nitro benzene ring substituents is 1. The van der Waals surface area contributed by atoms with Gasteiger partial charge in [0.2, 0.25) is 5.88 Å². The summed E-state index contributed by atoms with van der Waals surface area (Å²) in [6.45, 7) is 0. The van der Waals surface area contributed by atoms with Crippen LogP contribution >= 0.6 is 15.9 Å². The van der Waals surface area contributed by atoms with Crippen molar-refractivity contribution in [1.82, 2.24) is 9.97 Å². The largest absolute Gasteiger partial charge is 0.439 e. The van der Waals surface area contributed by atoms with Crippen molar-refractivity contribution in [3.05, 3.63) is 51.4 Å². The molecule has 0 fully saturated rings. The minimum atomic E-state index is -0.467. The van der Waals surface area contributed by atoms with E-state index in [1.54, 1.807) is 6.07 Å². The topological polar surface area (TPSA) is 78.2 Å². The Bertz CT molecular complexity index is 545. The molecule has 7 heteroatoms. The third-order valence-corrected chi connectivity index (χ3v) is 2.25. The molecule has 0 aliphatic carbocycles. The van der Waals surface area contributed by atoms with E-state index in [9.17, 15) is 10.1 Å². The van der Waals surface area contributed by atoms with Crippen LogP contribution in [0, 0.1) is 10.1 Å². The minimum Gasteiger partial charge on any atom is -0.439 e. The van der Waals surface area contributed by atoms with Crippen molar-refractivity contribution in [1.29, 1.82) is 0 Å². The Morgan fingerprint density at radius 2 is 1.94 bits per heavy atom. The molecule has 0 saturated carbocycles. The predicted molar refractivity (Wildman–Crippen MR) is 62.9 cm³/mol. The van der Waals surface area contributed by atoms with Crippen LogP contribution in [0.3, 0.4) is 0 Å². The van der Waals surface area contributed by atoms with E-state index in [1.807, 2.05) is 0 Å². The molecule has 17 heavy (non-hydrogen) atoms. The Morgan fingerprint density at radius 1 is 1.24 bits per heavy atom. The second kappa shape index (κ2) is 4.88. The Morgan fingerprint density at radius 3 is 2.53 bits per heavy atom. The van der Waals surface area contributed by atoms with Crippen molar-refractivity contribution in [3.63, 3.8) is 0 Å². The maximum Gasteiger partial charge on any atom is 0.269 e. The van der Waals surface area contributed by atoms with Gasteiger partial charge in [-0.2, -0.15) is 4.98 Å². The fourth-order valence-electron chi connectivity index (χ4n) is 1.13. The van der Waals surface area contributed by atoms with Crippen LogP contribution in [0.5, 0.6) is 11.6 Å². The smallest absolute Gasteiger partial charge is 0.269 e.